The lowest BCUT2D eigenvalue weighted by Gasteiger charge is -2.32. The second-order valence-corrected chi connectivity index (χ2v) is 5.16. The van der Waals surface area contributed by atoms with E-state index >= 15 is 0 Å². The second kappa shape index (κ2) is 8.45. The SMILES string of the molecule is COCC1CCCN(CC(=O)N(C)CCCN)C1. The van der Waals surface area contributed by atoms with Gasteiger partial charge in [-0.05, 0) is 38.3 Å². The van der Waals surface area contributed by atoms with Gasteiger partial charge in [-0.1, -0.05) is 0 Å². The molecule has 18 heavy (non-hydrogen) atoms. The first-order chi connectivity index (χ1) is 8.67. The van der Waals surface area contributed by atoms with E-state index in [9.17, 15) is 4.79 Å². The van der Waals surface area contributed by atoms with Crippen LogP contribution in [0.1, 0.15) is 19.3 Å². The molecular formula is C13H27N3O2. The average Bonchev–Trinajstić information content (AvgIpc) is 2.36. The number of ether oxygens (including phenoxy) is 1. The first-order valence-electron chi connectivity index (χ1n) is 6.82. The molecule has 5 nitrogen and oxygen atoms in total. The number of rotatable bonds is 7. The Labute approximate surface area is 110 Å². The van der Waals surface area contributed by atoms with Crippen molar-refractivity contribution in [3.8, 4) is 0 Å². The zero-order valence-electron chi connectivity index (χ0n) is 11.7. The summed E-state index contributed by atoms with van der Waals surface area (Å²) in [4.78, 5) is 16.0. The fraction of sp³-hybridized carbons (Fsp3) is 0.923. The molecule has 1 rings (SSSR count). The topological polar surface area (TPSA) is 58.8 Å². The summed E-state index contributed by atoms with van der Waals surface area (Å²) in [5.74, 6) is 0.771. The summed E-state index contributed by atoms with van der Waals surface area (Å²) in [7, 11) is 3.60. The quantitative estimate of drug-likeness (QED) is 0.705. The molecule has 0 aromatic carbocycles. The van der Waals surface area contributed by atoms with Crippen molar-refractivity contribution >= 4 is 5.91 Å². The number of likely N-dealkylation sites (tertiary alicyclic amines) is 1. The maximum Gasteiger partial charge on any atom is 0.236 e. The number of carbonyl (C=O) groups is 1. The highest BCUT2D eigenvalue weighted by Crippen LogP contribution is 2.16. The van der Waals surface area contributed by atoms with Crippen LogP contribution in [0.3, 0.4) is 0 Å². The Bertz CT molecular complexity index is 246. The minimum Gasteiger partial charge on any atom is -0.384 e. The van der Waals surface area contributed by atoms with Crippen molar-refractivity contribution in [3.05, 3.63) is 0 Å². The molecule has 1 aliphatic rings. The number of methoxy groups -OCH3 is 1. The van der Waals surface area contributed by atoms with E-state index in [1.165, 1.54) is 6.42 Å². The van der Waals surface area contributed by atoms with E-state index < -0.39 is 0 Å². The molecule has 1 heterocycles. The van der Waals surface area contributed by atoms with Gasteiger partial charge in [-0.3, -0.25) is 9.69 Å². The number of likely N-dealkylation sites (N-methyl/N-ethyl adjacent to an activating group) is 1. The van der Waals surface area contributed by atoms with Crippen molar-refractivity contribution in [1.82, 2.24) is 9.80 Å². The predicted molar refractivity (Wildman–Crippen MR) is 72.3 cm³/mol. The molecule has 1 aliphatic heterocycles. The minimum atomic E-state index is 0.196. The third-order valence-corrected chi connectivity index (χ3v) is 3.49. The highest BCUT2D eigenvalue weighted by molar-refractivity contribution is 5.77. The summed E-state index contributed by atoms with van der Waals surface area (Å²) >= 11 is 0. The molecule has 0 aromatic rings. The van der Waals surface area contributed by atoms with Crippen molar-refractivity contribution < 1.29 is 9.53 Å². The van der Waals surface area contributed by atoms with Crippen LogP contribution < -0.4 is 5.73 Å². The van der Waals surface area contributed by atoms with E-state index in [1.54, 1.807) is 12.0 Å². The smallest absolute Gasteiger partial charge is 0.236 e. The van der Waals surface area contributed by atoms with Crippen LogP contribution in [-0.4, -0.2) is 69.2 Å². The highest BCUT2D eigenvalue weighted by Gasteiger charge is 2.22. The van der Waals surface area contributed by atoms with Gasteiger partial charge in [0.15, 0.2) is 0 Å². The Balaban J connectivity index is 2.30. The predicted octanol–water partition coefficient (Wildman–Crippen LogP) is 0.152. The van der Waals surface area contributed by atoms with Crippen LogP contribution in [0.5, 0.6) is 0 Å². The monoisotopic (exact) mass is 257 g/mol. The lowest BCUT2D eigenvalue weighted by atomic mass is 9.99. The largest absolute Gasteiger partial charge is 0.384 e. The number of piperidine rings is 1. The molecule has 0 bridgehead atoms. The molecule has 1 fully saturated rings. The van der Waals surface area contributed by atoms with E-state index in [-0.39, 0.29) is 5.91 Å². The Kier molecular flexibility index (Phi) is 7.23. The maximum atomic E-state index is 12.0. The summed E-state index contributed by atoms with van der Waals surface area (Å²) in [6, 6.07) is 0. The molecule has 1 saturated heterocycles. The van der Waals surface area contributed by atoms with E-state index in [4.69, 9.17) is 10.5 Å². The fourth-order valence-corrected chi connectivity index (χ4v) is 2.43. The van der Waals surface area contributed by atoms with Crippen molar-refractivity contribution in [2.75, 3.05) is 53.5 Å². The van der Waals surface area contributed by atoms with Crippen LogP contribution >= 0.6 is 0 Å². The molecule has 5 heteroatoms. The number of nitrogens with zero attached hydrogens (tertiary/aromatic N) is 2. The number of hydrogen-bond donors (Lipinski definition) is 1. The highest BCUT2D eigenvalue weighted by atomic mass is 16.5. The summed E-state index contributed by atoms with van der Waals surface area (Å²) in [6.07, 6.45) is 3.24. The van der Waals surface area contributed by atoms with E-state index in [0.29, 0.717) is 19.0 Å². The van der Waals surface area contributed by atoms with Crippen molar-refractivity contribution in [2.45, 2.75) is 19.3 Å². The van der Waals surface area contributed by atoms with Gasteiger partial charge in [-0.25, -0.2) is 0 Å². The first-order valence-corrected chi connectivity index (χ1v) is 6.82. The van der Waals surface area contributed by atoms with Crippen LogP contribution in [-0.2, 0) is 9.53 Å². The zero-order chi connectivity index (χ0) is 13.4. The normalized spacial score (nSPS) is 20.9. The Morgan fingerprint density at radius 3 is 3.00 bits per heavy atom. The van der Waals surface area contributed by atoms with Gasteiger partial charge in [0.2, 0.25) is 5.91 Å². The van der Waals surface area contributed by atoms with Gasteiger partial charge >= 0.3 is 0 Å². The van der Waals surface area contributed by atoms with Gasteiger partial charge in [0.25, 0.3) is 0 Å². The number of hydrogen-bond acceptors (Lipinski definition) is 4. The third kappa shape index (κ3) is 5.33. The second-order valence-electron chi connectivity index (χ2n) is 5.16. The molecule has 1 unspecified atom stereocenters. The van der Waals surface area contributed by atoms with Crippen LogP contribution in [0.2, 0.25) is 0 Å². The Hall–Kier alpha value is -0.650. The van der Waals surface area contributed by atoms with Gasteiger partial charge in [-0.2, -0.15) is 0 Å². The van der Waals surface area contributed by atoms with Crippen LogP contribution in [0.25, 0.3) is 0 Å². The van der Waals surface area contributed by atoms with E-state index in [2.05, 4.69) is 4.90 Å². The minimum absolute atomic E-state index is 0.196. The molecule has 1 atom stereocenters. The molecule has 0 saturated carbocycles. The summed E-state index contributed by atoms with van der Waals surface area (Å²) in [6.45, 7) is 4.72. The number of amides is 1. The fourth-order valence-electron chi connectivity index (χ4n) is 2.43. The maximum absolute atomic E-state index is 12.0. The molecular weight excluding hydrogens is 230 g/mol. The third-order valence-electron chi connectivity index (χ3n) is 3.49. The van der Waals surface area contributed by atoms with Crippen LogP contribution in [0.4, 0.5) is 0 Å². The molecule has 0 spiro atoms. The molecule has 0 aliphatic carbocycles. The van der Waals surface area contributed by atoms with Gasteiger partial charge < -0.3 is 15.4 Å². The Morgan fingerprint density at radius 1 is 1.56 bits per heavy atom. The van der Waals surface area contributed by atoms with E-state index in [0.717, 1.165) is 39.1 Å². The van der Waals surface area contributed by atoms with Gasteiger partial charge in [0.1, 0.15) is 0 Å². The molecule has 0 radical (unpaired) electrons. The van der Waals surface area contributed by atoms with Crippen molar-refractivity contribution in [2.24, 2.45) is 11.7 Å². The zero-order valence-corrected chi connectivity index (χ0v) is 11.7. The summed E-state index contributed by atoms with van der Waals surface area (Å²) in [5, 5.41) is 0. The lowest BCUT2D eigenvalue weighted by Crippen LogP contribution is -2.44. The lowest BCUT2D eigenvalue weighted by molar-refractivity contribution is -0.131. The van der Waals surface area contributed by atoms with Crippen LogP contribution in [0.15, 0.2) is 0 Å². The summed E-state index contributed by atoms with van der Waals surface area (Å²) < 4.78 is 5.20. The first kappa shape index (κ1) is 15.4. The van der Waals surface area contributed by atoms with Crippen molar-refractivity contribution in [1.29, 1.82) is 0 Å². The van der Waals surface area contributed by atoms with Crippen molar-refractivity contribution in [3.63, 3.8) is 0 Å². The standard InChI is InChI=1S/C13H27N3O2/c1-15(7-4-6-14)13(17)10-16-8-3-5-12(9-16)11-18-2/h12H,3-11,14H2,1-2H3. The van der Waals surface area contributed by atoms with Gasteiger partial charge in [-0.15, -0.1) is 0 Å². The molecule has 106 valence electrons. The van der Waals surface area contributed by atoms with Gasteiger partial charge in [0.05, 0.1) is 13.2 Å². The van der Waals surface area contributed by atoms with Crippen LogP contribution in [0, 0.1) is 5.92 Å². The molecule has 0 aromatic heterocycles. The molecule has 2 N–H and O–H groups in total. The van der Waals surface area contributed by atoms with Gasteiger partial charge in [0, 0.05) is 27.2 Å². The van der Waals surface area contributed by atoms with E-state index in [1.807, 2.05) is 7.05 Å². The summed E-state index contributed by atoms with van der Waals surface area (Å²) in [5.41, 5.74) is 5.45. The number of carbonyl (C=O) groups excluding carboxylic acids is 1. The average molecular weight is 257 g/mol. The Morgan fingerprint density at radius 2 is 2.33 bits per heavy atom. The number of nitrogens with two attached hydrogens (primary N) is 1. The molecule has 1 amide bonds.